The minimum absolute atomic E-state index is 0.0176. The number of H-pyrrole nitrogens is 1. The number of nitrogens with zero attached hydrogens (tertiary/aromatic N) is 3. The van der Waals surface area contributed by atoms with E-state index in [2.05, 4.69) is 16.8 Å². The molecule has 4 aliphatic rings. The van der Waals surface area contributed by atoms with Crippen LogP contribution in [0.1, 0.15) is 94.3 Å². The van der Waals surface area contributed by atoms with Gasteiger partial charge in [-0.3, -0.25) is 14.5 Å². The maximum atomic E-state index is 13.0. The number of nitrogens with one attached hydrogen (secondary N) is 1. The number of aromatic nitrogens is 2. The number of hydrogen-bond acceptors (Lipinski definition) is 4. The van der Waals surface area contributed by atoms with Crippen molar-refractivity contribution in [2.24, 2.45) is 11.8 Å². The average Bonchev–Trinajstić information content (AvgIpc) is 3.46. The molecule has 1 amide bonds. The summed E-state index contributed by atoms with van der Waals surface area (Å²) < 4.78 is 0. The minimum Gasteiger partial charge on any atom is -0.332 e. The number of rotatable bonds is 3. The number of hydrogen-bond donors (Lipinski definition) is 1. The van der Waals surface area contributed by atoms with Gasteiger partial charge in [0.25, 0.3) is 5.56 Å². The van der Waals surface area contributed by atoms with Gasteiger partial charge in [-0.05, 0) is 57.3 Å². The lowest BCUT2D eigenvalue weighted by Gasteiger charge is -2.38. The van der Waals surface area contributed by atoms with Crippen LogP contribution in [0.2, 0.25) is 0 Å². The molecule has 1 atom stereocenters. The molecular weight excluding hydrogens is 376 g/mol. The molecule has 2 aliphatic carbocycles. The van der Waals surface area contributed by atoms with Gasteiger partial charge >= 0.3 is 0 Å². The Hall–Kier alpha value is -1.69. The maximum absolute atomic E-state index is 13.0. The molecule has 1 aromatic heterocycles. The fourth-order valence-electron chi connectivity index (χ4n) is 6.26. The zero-order valence-corrected chi connectivity index (χ0v) is 18.4. The standard InChI is InChI=1S/C24H36N4O2/c1-16-8-10-18(11-9-16)27-14-12-20-19(15-27)23(29)26-22(25-20)21-7-4-13-28(21)24(30)17-5-2-3-6-17/h16-18,21H,2-15H2,1H3,(H,25,26,29)/t16?,18?,21-/m0/s1. The van der Waals surface area contributed by atoms with E-state index in [4.69, 9.17) is 4.98 Å². The van der Waals surface area contributed by atoms with Crippen LogP contribution in [-0.4, -0.2) is 44.8 Å². The van der Waals surface area contributed by atoms with Crippen LogP contribution in [0.5, 0.6) is 0 Å². The van der Waals surface area contributed by atoms with E-state index in [-0.39, 0.29) is 23.4 Å². The predicted molar refractivity (Wildman–Crippen MR) is 116 cm³/mol. The summed E-state index contributed by atoms with van der Waals surface area (Å²) in [4.78, 5) is 38.6. The summed E-state index contributed by atoms with van der Waals surface area (Å²) in [5.74, 6) is 2.03. The molecule has 0 spiro atoms. The Balaban J connectivity index is 1.33. The highest BCUT2D eigenvalue weighted by molar-refractivity contribution is 5.79. The largest absolute Gasteiger partial charge is 0.332 e. The molecule has 1 N–H and O–H groups in total. The third kappa shape index (κ3) is 3.83. The Labute approximate surface area is 179 Å². The van der Waals surface area contributed by atoms with Crippen LogP contribution in [0.4, 0.5) is 0 Å². The van der Waals surface area contributed by atoms with Gasteiger partial charge in [0.1, 0.15) is 5.82 Å². The minimum atomic E-state index is -0.0473. The smallest absolute Gasteiger partial charge is 0.255 e. The number of aromatic amines is 1. The molecule has 3 heterocycles. The lowest BCUT2D eigenvalue weighted by atomic mass is 9.86. The predicted octanol–water partition coefficient (Wildman–Crippen LogP) is 3.56. The molecular formula is C24H36N4O2. The van der Waals surface area contributed by atoms with Crippen molar-refractivity contribution < 1.29 is 4.79 Å². The second-order valence-corrected chi connectivity index (χ2v) is 10.2. The summed E-state index contributed by atoms with van der Waals surface area (Å²) in [6, 6.07) is 0.566. The maximum Gasteiger partial charge on any atom is 0.255 e. The van der Waals surface area contributed by atoms with Gasteiger partial charge in [0.15, 0.2) is 0 Å². The van der Waals surface area contributed by atoms with E-state index in [1.165, 1.54) is 38.5 Å². The first kappa shape index (κ1) is 20.2. The van der Waals surface area contributed by atoms with Crippen LogP contribution < -0.4 is 5.56 Å². The Morgan fingerprint density at radius 1 is 1.00 bits per heavy atom. The fraction of sp³-hybridized carbons (Fsp3) is 0.792. The summed E-state index contributed by atoms with van der Waals surface area (Å²) >= 11 is 0. The third-order valence-electron chi connectivity index (χ3n) is 8.17. The molecule has 2 aliphatic heterocycles. The summed E-state index contributed by atoms with van der Waals surface area (Å²) in [5.41, 5.74) is 1.84. The fourth-order valence-corrected chi connectivity index (χ4v) is 6.26. The highest BCUT2D eigenvalue weighted by Gasteiger charge is 2.37. The molecule has 0 radical (unpaired) electrons. The van der Waals surface area contributed by atoms with Crippen molar-refractivity contribution in [1.82, 2.24) is 19.8 Å². The van der Waals surface area contributed by atoms with Crippen molar-refractivity contribution >= 4 is 5.91 Å². The molecule has 6 nitrogen and oxygen atoms in total. The normalized spacial score (nSPS) is 30.6. The van der Waals surface area contributed by atoms with Crippen LogP contribution in [0.15, 0.2) is 4.79 Å². The van der Waals surface area contributed by atoms with Gasteiger partial charge in [-0.15, -0.1) is 0 Å². The van der Waals surface area contributed by atoms with E-state index >= 15 is 0 Å². The molecule has 1 saturated heterocycles. The SMILES string of the molecule is CC1CCC(N2CCc3nc([C@@H]4CCCN4C(=O)C4CCCC4)[nH]c(=O)c3C2)CC1. The lowest BCUT2D eigenvalue weighted by molar-refractivity contribution is -0.136. The summed E-state index contributed by atoms with van der Waals surface area (Å²) in [7, 11) is 0. The summed E-state index contributed by atoms with van der Waals surface area (Å²) in [6.45, 7) is 4.88. The van der Waals surface area contributed by atoms with E-state index in [9.17, 15) is 9.59 Å². The van der Waals surface area contributed by atoms with Gasteiger partial charge in [-0.1, -0.05) is 19.8 Å². The molecule has 6 heteroatoms. The van der Waals surface area contributed by atoms with Gasteiger partial charge in [-0.2, -0.15) is 0 Å². The number of likely N-dealkylation sites (tertiary alicyclic amines) is 1. The van der Waals surface area contributed by atoms with Crippen LogP contribution in [0.25, 0.3) is 0 Å². The van der Waals surface area contributed by atoms with Gasteiger partial charge in [0.05, 0.1) is 17.3 Å². The van der Waals surface area contributed by atoms with E-state index in [1.807, 2.05) is 4.90 Å². The van der Waals surface area contributed by atoms with Crippen LogP contribution in [-0.2, 0) is 17.8 Å². The molecule has 2 saturated carbocycles. The van der Waals surface area contributed by atoms with Gasteiger partial charge in [0.2, 0.25) is 5.91 Å². The van der Waals surface area contributed by atoms with Crippen LogP contribution in [0.3, 0.4) is 0 Å². The molecule has 1 aromatic rings. The van der Waals surface area contributed by atoms with Crippen molar-refractivity contribution in [2.75, 3.05) is 13.1 Å². The van der Waals surface area contributed by atoms with Crippen LogP contribution in [0, 0.1) is 11.8 Å². The quantitative estimate of drug-likeness (QED) is 0.824. The Bertz CT molecular complexity index is 836. The molecule has 0 aromatic carbocycles. The number of fused-ring (bicyclic) bond motifs is 1. The molecule has 0 unspecified atom stereocenters. The molecule has 3 fully saturated rings. The van der Waals surface area contributed by atoms with Crippen molar-refractivity contribution in [1.29, 1.82) is 0 Å². The second kappa shape index (κ2) is 8.45. The summed E-state index contributed by atoms with van der Waals surface area (Å²) in [5, 5.41) is 0. The van der Waals surface area contributed by atoms with Crippen LogP contribution >= 0.6 is 0 Å². The Morgan fingerprint density at radius 2 is 1.77 bits per heavy atom. The summed E-state index contributed by atoms with van der Waals surface area (Å²) in [6.07, 6.45) is 12.2. The van der Waals surface area contributed by atoms with E-state index < -0.39 is 0 Å². The first-order chi connectivity index (χ1) is 14.6. The van der Waals surface area contributed by atoms with Crippen molar-refractivity contribution in [3.05, 3.63) is 27.4 Å². The monoisotopic (exact) mass is 412 g/mol. The molecule has 30 heavy (non-hydrogen) atoms. The van der Waals surface area contributed by atoms with Crippen molar-refractivity contribution in [3.8, 4) is 0 Å². The van der Waals surface area contributed by atoms with Gasteiger partial charge in [-0.25, -0.2) is 4.98 Å². The Morgan fingerprint density at radius 3 is 2.53 bits per heavy atom. The zero-order valence-electron chi connectivity index (χ0n) is 18.4. The van der Waals surface area contributed by atoms with Gasteiger partial charge < -0.3 is 9.88 Å². The Kier molecular flexibility index (Phi) is 5.69. The van der Waals surface area contributed by atoms with E-state index in [1.54, 1.807) is 0 Å². The molecule has 164 valence electrons. The lowest BCUT2D eigenvalue weighted by Crippen LogP contribution is -2.44. The molecule has 5 rings (SSSR count). The number of carbonyl (C=O) groups excluding carboxylic acids is 1. The topological polar surface area (TPSA) is 69.3 Å². The van der Waals surface area contributed by atoms with E-state index in [0.717, 1.165) is 74.7 Å². The average molecular weight is 413 g/mol. The molecule has 0 bridgehead atoms. The first-order valence-corrected chi connectivity index (χ1v) is 12.3. The van der Waals surface area contributed by atoms with Gasteiger partial charge in [0, 0.05) is 38.0 Å². The van der Waals surface area contributed by atoms with E-state index in [0.29, 0.717) is 6.04 Å². The highest BCUT2D eigenvalue weighted by Crippen LogP contribution is 2.35. The highest BCUT2D eigenvalue weighted by atomic mass is 16.2. The van der Waals surface area contributed by atoms with Crippen molar-refractivity contribution in [3.63, 3.8) is 0 Å². The second-order valence-electron chi connectivity index (χ2n) is 10.2. The third-order valence-corrected chi connectivity index (χ3v) is 8.17. The zero-order chi connectivity index (χ0) is 20.7. The number of amides is 1. The first-order valence-electron chi connectivity index (χ1n) is 12.3. The van der Waals surface area contributed by atoms with Crippen molar-refractivity contribution in [2.45, 2.75) is 96.2 Å². The number of carbonyl (C=O) groups is 1.